The van der Waals surface area contributed by atoms with Gasteiger partial charge in [-0.05, 0) is 36.6 Å². The lowest BCUT2D eigenvalue weighted by molar-refractivity contribution is 0.147. The summed E-state index contributed by atoms with van der Waals surface area (Å²) in [5.41, 5.74) is 7.35. The minimum atomic E-state index is -0.412. The van der Waals surface area contributed by atoms with Crippen molar-refractivity contribution in [1.82, 2.24) is 0 Å². The average Bonchev–Trinajstić information content (AvgIpc) is 2.29. The van der Waals surface area contributed by atoms with Crippen LogP contribution < -0.4 is 11.1 Å². The average molecular weight is 236 g/mol. The van der Waals surface area contributed by atoms with Crippen LogP contribution in [0.5, 0.6) is 0 Å². The van der Waals surface area contributed by atoms with Crippen LogP contribution in [0.1, 0.15) is 19.4 Å². The van der Waals surface area contributed by atoms with Crippen LogP contribution in [-0.2, 0) is 11.2 Å². The quantitative estimate of drug-likeness (QED) is 0.825. The topological polar surface area (TPSA) is 64.3 Å². The van der Waals surface area contributed by atoms with E-state index in [9.17, 15) is 4.79 Å². The molecule has 0 heterocycles. The molecule has 4 heteroatoms. The number of anilines is 1. The Morgan fingerprint density at radius 3 is 2.53 bits per heavy atom. The van der Waals surface area contributed by atoms with E-state index in [1.807, 2.05) is 38.1 Å². The summed E-state index contributed by atoms with van der Waals surface area (Å²) < 4.78 is 5.02. The highest BCUT2D eigenvalue weighted by atomic mass is 16.5. The van der Waals surface area contributed by atoms with Gasteiger partial charge in [-0.1, -0.05) is 26.0 Å². The second-order valence-electron chi connectivity index (χ2n) is 4.35. The minimum Gasteiger partial charge on any atom is -0.449 e. The highest BCUT2D eigenvalue weighted by Crippen LogP contribution is 2.10. The third-order valence-electron chi connectivity index (χ3n) is 2.18. The van der Waals surface area contributed by atoms with Crippen LogP contribution in [0.15, 0.2) is 24.3 Å². The summed E-state index contributed by atoms with van der Waals surface area (Å²) in [4.78, 5) is 11.4. The normalized spacial score (nSPS) is 10.4. The van der Waals surface area contributed by atoms with Crippen LogP contribution in [0.2, 0.25) is 0 Å². The SMILES string of the molecule is CC(C)COC(=O)Nc1ccc(CCN)cc1. The summed E-state index contributed by atoms with van der Waals surface area (Å²) in [6.07, 6.45) is 0.434. The first kappa shape index (κ1) is 13.5. The molecule has 0 bridgehead atoms. The molecular formula is C13H20N2O2. The summed E-state index contributed by atoms with van der Waals surface area (Å²) >= 11 is 0. The van der Waals surface area contributed by atoms with Crippen molar-refractivity contribution in [2.24, 2.45) is 11.7 Å². The molecule has 0 radical (unpaired) electrons. The summed E-state index contributed by atoms with van der Waals surface area (Å²) in [5.74, 6) is 0.340. The molecule has 0 aliphatic heterocycles. The van der Waals surface area contributed by atoms with E-state index in [2.05, 4.69) is 5.32 Å². The first-order chi connectivity index (χ1) is 8.11. The highest BCUT2D eigenvalue weighted by Gasteiger charge is 2.04. The van der Waals surface area contributed by atoms with Gasteiger partial charge in [0.05, 0.1) is 6.61 Å². The zero-order valence-electron chi connectivity index (χ0n) is 10.4. The summed E-state index contributed by atoms with van der Waals surface area (Å²) in [6, 6.07) is 7.60. The molecule has 17 heavy (non-hydrogen) atoms. The van der Waals surface area contributed by atoms with Crippen molar-refractivity contribution in [2.45, 2.75) is 20.3 Å². The van der Waals surface area contributed by atoms with E-state index in [0.717, 1.165) is 17.7 Å². The van der Waals surface area contributed by atoms with Crippen LogP contribution in [0, 0.1) is 5.92 Å². The van der Waals surface area contributed by atoms with Crippen LogP contribution in [0.25, 0.3) is 0 Å². The second-order valence-corrected chi connectivity index (χ2v) is 4.35. The Balaban J connectivity index is 2.43. The number of benzene rings is 1. The molecule has 1 rings (SSSR count). The number of rotatable bonds is 5. The molecule has 0 aromatic heterocycles. The largest absolute Gasteiger partial charge is 0.449 e. The lowest BCUT2D eigenvalue weighted by atomic mass is 10.1. The molecule has 94 valence electrons. The molecule has 0 fully saturated rings. The van der Waals surface area contributed by atoms with E-state index < -0.39 is 6.09 Å². The lowest BCUT2D eigenvalue weighted by Crippen LogP contribution is -2.16. The molecule has 0 saturated carbocycles. The number of hydrogen-bond acceptors (Lipinski definition) is 3. The van der Waals surface area contributed by atoms with Crippen molar-refractivity contribution in [1.29, 1.82) is 0 Å². The van der Waals surface area contributed by atoms with Crippen LogP contribution >= 0.6 is 0 Å². The molecule has 0 unspecified atom stereocenters. The maximum absolute atomic E-state index is 11.4. The molecular weight excluding hydrogens is 216 g/mol. The summed E-state index contributed by atoms with van der Waals surface area (Å²) in [5, 5.41) is 2.67. The second kappa shape index (κ2) is 6.91. The molecule has 0 saturated heterocycles. The van der Waals surface area contributed by atoms with Gasteiger partial charge in [0.2, 0.25) is 0 Å². The molecule has 1 aromatic carbocycles. The zero-order chi connectivity index (χ0) is 12.7. The molecule has 1 aromatic rings. The van der Waals surface area contributed by atoms with E-state index in [4.69, 9.17) is 10.5 Å². The first-order valence-corrected chi connectivity index (χ1v) is 5.84. The Kier molecular flexibility index (Phi) is 5.49. The molecule has 3 N–H and O–H groups in total. The smallest absolute Gasteiger partial charge is 0.411 e. The standard InChI is InChI=1S/C13H20N2O2/c1-10(2)9-17-13(16)15-12-5-3-11(4-6-12)7-8-14/h3-6,10H,7-9,14H2,1-2H3,(H,15,16). The van der Waals surface area contributed by atoms with E-state index in [1.54, 1.807) is 0 Å². The van der Waals surface area contributed by atoms with Crippen molar-refractivity contribution in [3.8, 4) is 0 Å². The number of nitrogens with two attached hydrogens (primary N) is 1. The van der Waals surface area contributed by atoms with E-state index in [1.165, 1.54) is 0 Å². The number of carbonyl (C=O) groups excluding carboxylic acids is 1. The predicted molar refractivity (Wildman–Crippen MR) is 69.0 cm³/mol. The molecule has 1 amide bonds. The zero-order valence-corrected chi connectivity index (χ0v) is 10.4. The number of carbonyl (C=O) groups is 1. The molecule has 0 aliphatic rings. The Morgan fingerprint density at radius 1 is 1.35 bits per heavy atom. The summed E-state index contributed by atoms with van der Waals surface area (Å²) in [7, 11) is 0. The Morgan fingerprint density at radius 2 is 2.00 bits per heavy atom. The number of hydrogen-bond donors (Lipinski definition) is 2. The Bertz CT molecular complexity index is 347. The third-order valence-corrected chi connectivity index (χ3v) is 2.18. The molecule has 0 spiro atoms. The van der Waals surface area contributed by atoms with Crippen LogP contribution in [-0.4, -0.2) is 19.2 Å². The van der Waals surface area contributed by atoms with Gasteiger partial charge in [0, 0.05) is 5.69 Å². The van der Waals surface area contributed by atoms with Gasteiger partial charge in [0.15, 0.2) is 0 Å². The van der Waals surface area contributed by atoms with Crippen molar-refractivity contribution >= 4 is 11.8 Å². The monoisotopic (exact) mass is 236 g/mol. The van der Waals surface area contributed by atoms with Gasteiger partial charge in [-0.25, -0.2) is 4.79 Å². The maximum Gasteiger partial charge on any atom is 0.411 e. The van der Waals surface area contributed by atoms with Gasteiger partial charge in [-0.2, -0.15) is 0 Å². The van der Waals surface area contributed by atoms with Gasteiger partial charge in [-0.15, -0.1) is 0 Å². The maximum atomic E-state index is 11.4. The van der Waals surface area contributed by atoms with Crippen molar-refractivity contribution in [3.63, 3.8) is 0 Å². The summed E-state index contributed by atoms with van der Waals surface area (Å²) in [6.45, 7) is 5.05. The van der Waals surface area contributed by atoms with Gasteiger partial charge in [0.25, 0.3) is 0 Å². The van der Waals surface area contributed by atoms with Gasteiger partial charge < -0.3 is 10.5 Å². The highest BCUT2D eigenvalue weighted by molar-refractivity contribution is 5.84. The Labute approximate surface area is 102 Å². The fourth-order valence-corrected chi connectivity index (χ4v) is 1.32. The van der Waals surface area contributed by atoms with E-state index >= 15 is 0 Å². The van der Waals surface area contributed by atoms with Crippen LogP contribution in [0.3, 0.4) is 0 Å². The number of amides is 1. The fraction of sp³-hybridized carbons (Fsp3) is 0.462. The van der Waals surface area contributed by atoms with Crippen molar-refractivity contribution in [2.75, 3.05) is 18.5 Å². The van der Waals surface area contributed by atoms with E-state index in [0.29, 0.717) is 19.1 Å². The predicted octanol–water partition coefficient (Wildman–Crippen LogP) is 2.39. The van der Waals surface area contributed by atoms with Crippen molar-refractivity contribution < 1.29 is 9.53 Å². The molecule has 0 aliphatic carbocycles. The minimum absolute atomic E-state index is 0.340. The van der Waals surface area contributed by atoms with Gasteiger partial charge >= 0.3 is 6.09 Å². The lowest BCUT2D eigenvalue weighted by Gasteiger charge is -2.09. The molecule has 4 nitrogen and oxygen atoms in total. The van der Waals surface area contributed by atoms with Gasteiger partial charge in [0.1, 0.15) is 0 Å². The fourth-order valence-electron chi connectivity index (χ4n) is 1.32. The third kappa shape index (κ3) is 5.36. The number of ether oxygens (including phenoxy) is 1. The van der Waals surface area contributed by atoms with E-state index in [-0.39, 0.29) is 0 Å². The van der Waals surface area contributed by atoms with Crippen LogP contribution in [0.4, 0.5) is 10.5 Å². The Hall–Kier alpha value is -1.55. The van der Waals surface area contributed by atoms with Crippen molar-refractivity contribution in [3.05, 3.63) is 29.8 Å². The first-order valence-electron chi connectivity index (χ1n) is 5.84. The number of nitrogens with one attached hydrogen (secondary N) is 1. The van der Waals surface area contributed by atoms with Gasteiger partial charge in [-0.3, -0.25) is 5.32 Å². The molecule has 0 atom stereocenters.